The van der Waals surface area contributed by atoms with E-state index in [2.05, 4.69) is 12.2 Å². The molecule has 2 aromatic carbocycles. The third-order valence-electron chi connectivity index (χ3n) is 6.14. The van der Waals surface area contributed by atoms with Crippen LogP contribution in [0.1, 0.15) is 17.0 Å². The standard InChI is InChI=1S/C28H21N5O2/c1-17-15-18(2)29-26-21(17)13-14-24-31-25(19-9-5-3-6-10-19)23(33(24)26)16-22-27(34)32(28(35)30-22)20-11-7-4-8-12-20/h3-16H,1-2H3,(H,30,35)/b22-16-. The van der Waals surface area contributed by atoms with Gasteiger partial charge in [-0.05, 0) is 55.8 Å². The van der Waals surface area contributed by atoms with Crippen LogP contribution < -0.4 is 10.2 Å². The molecule has 0 aliphatic carbocycles. The number of nitrogens with one attached hydrogen (secondary N) is 1. The first-order valence-electron chi connectivity index (χ1n) is 11.3. The maximum atomic E-state index is 13.3. The first-order chi connectivity index (χ1) is 17.0. The molecule has 7 heteroatoms. The van der Waals surface area contributed by atoms with Crippen LogP contribution in [0, 0.1) is 13.8 Å². The van der Waals surface area contributed by atoms with Crippen LogP contribution in [0.4, 0.5) is 10.5 Å². The lowest BCUT2D eigenvalue weighted by Gasteiger charge is -2.11. The third kappa shape index (κ3) is 3.36. The summed E-state index contributed by atoms with van der Waals surface area (Å²) in [5.74, 6) is -0.421. The minimum absolute atomic E-state index is 0.180. The Labute approximate surface area is 201 Å². The first-order valence-corrected chi connectivity index (χ1v) is 11.3. The summed E-state index contributed by atoms with van der Waals surface area (Å²) in [7, 11) is 0. The second kappa shape index (κ2) is 7.92. The number of anilines is 1. The smallest absolute Gasteiger partial charge is 0.302 e. The number of benzene rings is 2. The number of urea groups is 1. The molecular weight excluding hydrogens is 438 g/mol. The summed E-state index contributed by atoms with van der Waals surface area (Å²) in [5.41, 5.74) is 6.41. The molecule has 0 spiro atoms. The molecule has 3 aromatic heterocycles. The van der Waals surface area contributed by atoms with Gasteiger partial charge in [0.05, 0.1) is 17.1 Å². The Morgan fingerprint density at radius 1 is 0.857 bits per heavy atom. The summed E-state index contributed by atoms with van der Waals surface area (Å²) in [6.45, 7) is 4.01. The molecule has 1 N–H and O–H groups in total. The number of pyridine rings is 2. The van der Waals surface area contributed by atoms with Crippen molar-refractivity contribution in [1.29, 1.82) is 0 Å². The second-order valence-corrected chi connectivity index (χ2v) is 8.52. The van der Waals surface area contributed by atoms with Crippen molar-refractivity contribution in [2.45, 2.75) is 13.8 Å². The molecule has 1 saturated heterocycles. The van der Waals surface area contributed by atoms with Gasteiger partial charge in [0.2, 0.25) is 0 Å². The van der Waals surface area contributed by atoms with E-state index in [1.807, 2.05) is 65.9 Å². The maximum Gasteiger partial charge on any atom is 0.333 e. The fraction of sp³-hybridized carbons (Fsp3) is 0.0714. The number of nitrogens with zero attached hydrogens (tertiary/aromatic N) is 4. The topological polar surface area (TPSA) is 79.6 Å². The van der Waals surface area contributed by atoms with Gasteiger partial charge in [0.1, 0.15) is 17.0 Å². The van der Waals surface area contributed by atoms with Crippen LogP contribution in [0.2, 0.25) is 0 Å². The van der Waals surface area contributed by atoms with Crippen LogP contribution in [-0.4, -0.2) is 26.3 Å². The number of hydrogen-bond acceptors (Lipinski definition) is 4. The predicted molar refractivity (Wildman–Crippen MR) is 136 cm³/mol. The molecule has 1 fully saturated rings. The number of carbonyl (C=O) groups is 2. The van der Waals surface area contributed by atoms with E-state index in [0.717, 1.165) is 32.8 Å². The average Bonchev–Trinajstić information content (AvgIpc) is 3.37. The number of aromatic nitrogens is 3. The summed E-state index contributed by atoms with van der Waals surface area (Å²) in [4.78, 5) is 36.9. The molecule has 0 bridgehead atoms. The molecule has 0 unspecified atom stereocenters. The van der Waals surface area contributed by atoms with Gasteiger partial charge in [-0.25, -0.2) is 19.7 Å². The molecule has 0 atom stereocenters. The van der Waals surface area contributed by atoms with Gasteiger partial charge in [0.15, 0.2) is 0 Å². The van der Waals surface area contributed by atoms with E-state index >= 15 is 0 Å². The van der Waals surface area contributed by atoms with Crippen LogP contribution in [0.3, 0.4) is 0 Å². The lowest BCUT2D eigenvalue weighted by atomic mass is 10.1. The van der Waals surface area contributed by atoms with Crippen molar-refractivity contribution < 1.29 is 9.59 Å². The Morgan fingerprint density at radius 3 is 2.31 bits per heavy atom. The zero-order valence-electron chi connectivity index (χ0n) is 19.2. The van der Waals surface area contributed by atoms with Crippen molar-refractivity contribution in [3.63, 3.8) is 0 Å². The molecule has 0 saturated carbocycles. The Bertz CT molecular complexity index is 1670. The lowest BCUT2D eigenvalue weighted by Crippen LogP contribution is -2.30. The highest BCUT2D eigenvalue weighted by atomic mass is 16.2. The van der Waals surface area contributed by atoms with Crippen molar-refractivity contribution in [2.24, 2.45) is 0 Å². The number of hydrogen-bond donors (Lipinski definition) is 1. The average molecular weight is 460 g/mol. The van der Waals surface area contributed by atoms with Crippen LogP contribution in [0.25, 0.3) is 34.0 Å². The van der Waals surface area contributed by atoms with Crippen LogP contribution in [0.15, 0.2) is 84.6 Å². The molecular formula is C28H21N5O2. The zero-order chi connectivity index (χ0) is 24.1. The van der Waals surface area contributed by atoms with Crippen molar-refractivity contribution in [3.05, 3.63) is 102 Å². The third-order valence-corrected chi connectivity index (χ3v) is 6.14. The van der Waals surface area contributed by atoms with Crippen molar-refractivity contribution in [2.75, 3.05) is 4.90 Å². The summed E-state index contributed by atoms with van der Waals surface area (Å²) in [6, 6.07) is 24.2. The van der Waals surface area contributed by atoms with Gasteiger partial charge in [-0.2, -0.15) is 0 Å². The van der Waals surface area contributed by atoms with Gasteiger partial charge in [-0.1, -0.05) is 48.5 Å². The number of rotatable bonds is 3. The number of carbonyl (C=O) groups excluding carboxylic acids is 2. The minimum Gasteiger partial charge on any atom is -0.302 e. The van der Waals surface area contributed by atoms with E-state index in [0.29, 0.717) is 22.7 Å². The summed E-state index contributed by atoms with van der Waals surface area (Å²) in [6.07, 6.45) is 1.70. The number of amides is 3. The van der Waals surface area contributed by atoms with Gasteiger partial charge >= 0.3 is 6.03 Å². The highest BCUT2D eigenvalue weighted by molar-refractivity contribution is 6.28. The number of imidazole rings is 1. The van der Waals surface area contributed by atoms with E-state index in [1.165, 1.54) is 0 Å². The van der Waals surface area contributed by atoms with Crippen molar-refractivity contribution >= 4 is 40.4 Å². The van der Waals surface area contributed by atoms with Gasteiger partial charge in [-0.3, -0.25) is 9.20 Å². The largest absolute Gasteiger partial charge is 0.333 e. The monoisotopic (exact) mass is 459 g/mol. The second-order valence-electron chi connectivity index (χ2n) is 8.52. The molecule has 7 nitrogen and oxygen atoms in total. The molecule has 0 radical (unpaired) electrons. The van der Waals surface area contributed by atoms with E-state index < -0.39 is 11.9 Å². The molecule has 1 aliphatic heterocycles. The summed E-state index contributed by atoms with van der Waals surface area (Å²) >= 11 is 0. The van der Waals surface area contributed by atoms with Gasteiger partial charge in [0.25, 0.3) is 5.91 Å². The van der Waals surface area contributed by atoms with Crippen LogP contribution >= 0.6 is 0 Å². The fourth-order valence-corrected chi connectivity index (χ4v) is 4.57. The van der Waals surface area contributed by atoms with E-state index in [4.69, 9.17) is 9.97 Å². The van der Waals surface area contributed by atoms with Gasteiger partial charge in [0, 0.05) is 16.6 Å². The molecule has 6 rings (SSSR count). The molecule has 5 aromatic rings. The van der Waals surface area contributed by atoms with E-state index in [1.54, 1.807) is 30.3 Å². The van der Waals surface area contributed by atoms with E-state index in [-0.39, 0.29) is 5.70 Å². The molecule has 35 heavy (non-hydrogen) atoms. The fourth-order valence-electron chi connectivity index (χ4n) is 4.57. The SMILES string of the molecule is Cc1cc(C)c2ccc3nc(-c4ccccc4)c(/C=C4\NC(=O)N(c5ccccc5)C4=O)n3c2n1. The van der Waals surface area contributed by atoms with Crippen molar-refractivity contribution in [3.8, 4) is 11.3 Å². The van der Waals surface area contributed by atoms with Crippen LogP contribution in [0.5, 0.6) is 0 Å². The van der Waals surface area contributed by atoms with E-state index in [9.17, 15) is 9.59 Å². The first kappa shape index (κ1) is 20.8. The number of aryl methyl sites for hydroxylation is 2. The highest BCUT2D eigenvalue weighted by Crippen LogP contribution is 2.31. The number of imide groups is 1. The molecule has 4 heterocycles. The van der Waals surface area contributed by atoms with Crippen molar-refractivity contribution in [1.82, 2.24) is 19.7 Å². The highest BCUT2D eigenvalue weighted by Gasteiger charge is 2.35. The molecule has 170 valence electrons. The molecule has 3 amide bonds. The lowest BCUT2D eigenvalue weighted by molar-refractivity contribution is -0.113. The Hall–Kier alpha value is -4.78. The minimum atomic E-state index is -0.489. The number of para-hydroxylation sites is 1. The summed E-state index contributed by atoms with van der Waals surface area (Å²) in [5, 5.41) is 3.73. The van der Waals surface area contributed by atoms with Gasteiger partial charge in [-0.15, -0.1) is 0 Å². The Morgan fingerprint density at radius 2 is 1.57 bits per heavy atom. The van der Waals surface area contributed by atoms with Gasteiger partial charge < -0.3 is 5.32 Å². The maximum absolute atomic E-state index is 13.3. The predicted octanol–water partition coefficient (Wildman–Crippen LogP) is 5.26. The summed E-state index contributed by atoms with van der Waals surface area (Å²) < 4.78 is 1.95. The number of fused-ring (bicyclic) bond motifs is 3. The normalized spacial score (nSPS) is 14.9. The van der Waals surface area contributed by atoms with Crippen LogP contribution in [-0.2, 0) is 4.79 Å². The Kier molecular flexibility index (Phi) is 4.70. The Balaban J connectivity index is 1.62. The quantitative estimate of drug-likeness (QED) is 0.295. The zero-order valence-corrected chi connectivity index (χ0v) is 19.2. The molecule has 1 aliphatic rings.